The second kappa shape index (κ2) is 9.92. The van der Waals surface area contributed by atoms with Gasteiger partial charge in [0.2, 0.25) is 10.0 Å². The normalized spacial score (nSPS) is 23.4. The van der Waals surface area contributed by atoms with E-state index in [2.05, 4.69) is 16.0 Å². The molecule has 8 nitrogen and oxygen atoms in total. The molecule has 30 heavy (non-hydrogen) atoms. The lowest BCUT2D eigenvalue weighted by molar-refractivity contribution is -0.192. The van der Waals surface area contributed by atoms with E-state index in [-0.39, 0.29) is 11.2 Å². The zero-order valence-corrected chi connectivity index (χ0v) is 17.5. The van der Waals surface area contributed by atoms with Crippen LogP contribution in [0.3, 0.4) is 0 Å². The van der Waals surface area contributed by atoms with Crippen LogP contribution in [0.1, 0.15) is 19.8 Å². The zero-order chi connectivity index (χ0) is 22.4. The van der Waals surface area contributed by atoms with Crippen LogP contribution < -0.4 is 4.90 Å². The van der Waals surface area contributed by atoms with Crippen molar-refractivity contribution in [1.29, 1.82) is 0 Å². The van der Waals surface area contributed by atoms with Gasteiger partial charge in [0.15, 0.2) is 0 Å². The number of aromatic nitrogens is 1. The van der Waals surface area contributed by atoms with Crippen molar-refractivity contribution in [2.75, 3.05) is 50.0 Å². The number of carboxylic acids is 1. The van der Waals surface area contributed by atoms with Crippen LogP contribution in [0.25, 0.3) is 0 Å². The van der Waals surface area contributed by atoms with Crippen LogP contribution >= 0.6 is 0 Å². The van der Waals surface area contributed by atoms with Crippen LogP contribution in [0.5, 0.6) is 0 Å². The maximum absolute atomic E-state index is 12.3. The van der Waals surface area contributed by atoms with E-state index in [4.69, 9.17) is 14.6 Å². The molecule has 1 unspecified atom stereocenters. The summed E-state index contributed by atoms with van der Waals surface area (Å²) in [6, 6.07) is 3.98. The van der Waals surface area contributed by atoms with E-state index in [0.717, 1.165) is 31.6 Å². The molecule has 0 amide bonds. The summed E-state index contributed by atoms with van der Waals surface area (Å²) in [4.78, 5) is 15.4. The number of halogens is 3. The van der Waals surface area contributed by atoms with Gasteiger partial charge in [-0.3, -0.25) is 4.98 Å². The Labute approximate surface area is 173 Å². The molecule has 0 saturated carbocycles. The van der Waals surface area contributed by atoms with Gasteiger partial charge in [-0.2, -0.15) is 13.2 Å². The van der Waals surface area contributed by atoms with Crippen molar-refractivity contribution in [3.8, 4) is 0 Å². The highest BCUT2D eigenvalue weighted by molar-refractivity contribution is 7.89. The number of aliphatic carboxylic acids is 1. The molecule has 12 heteroatoms. The average molecular weight is 453 g/mol. The van der Waals surface area contributed by atoms with Crippen molar-refractivity contribution in [3.63, 3.8) is 0 Å². The summed E-state index contributed by atoms with van der Waals surface area (Å²) in [5.41, 5.74) is 0.945. The SMILES string of the molecule is CCS(=O)(=O)N1CCCC2(COCCN(c3cccnc3)C2)C1.O=C(O)C(F)(F)F. The third kappa shape index (κ3) is 6.54. The van der Waals surface area contributed by atoms with Crippen molar-refractivity contribution in [2.24, 2.45) is 5.41 Å². The number of ether oxygens (including phenoxy) is 1. The van der Waals surface area contributed by atoms with Gasteiger partial charge in [0.25, 0.3) is 0 Å². The van der Waals surface area contributed by atoms with Gasteiger partial charge in [-0.1, -0.05) is 0 Å². The van der Waals surface area contributed by atoms with Crippen LogP contribution in [-0.4, -0.2) is 80.1 Å². The minimum Gasteiger partial charge on any atom is -0.475 e. The fraction of sp³-hybridized carbons (Fsp3) is 0.667. The second-order valence-corrected chi connectivity index (χ2v) is 9.58. The molecule has 1 atom stereocenters. The van der Waals surface area contributed by atoms with E-state index in [9.17, 15) is 21.6 Å². The molecule has 1 N–H and O–H groups in total. The Morgan fingerprint density at radius 2 is 2.03 bits per heavy atom. The van der Waals surface area contributed by atoms with Crippen molar-refractivity contribution >= 4 is 21.7 Å². The molecular formula is C18H26F3N3O5S. The predicted octanol–water partition coefficient (Wildman–Crippen LogP) is 1.98. The molecule has 2 aliphatic heterocycles. The summed E-state index contributed by atoms with van der Waals surface area (Å²) in [7, 11) is -3.14. The lowest BCUT2D eigenvalue weighted by Gasteiger charge is -2.43. The summed E-state index contributed by atoms with van der Waals surface area (Å²) in [6.45, 7) is 5.81. The number of piperidine rings is 1. The van der Waals surface area contributed by atoms with Crippen molar-refractivity contribution in [1.82, 2.24) is 9.29 Å². The van der Waals surface area contributed by atoms with Gasteiger partial charge in [0.05, 0.1) is 30.9 Å². The molecule has 1 spiro atoms. The Kier molecular flexibility index (Phi) is 8.06. The molecule has 2 aliphatic rings. The first-order valence-corrected chi connectivity index (χ1v) is 11.1. The van der Waals surface area contributed by atoms with E-state index in [1.807, 2.05) is 12.3 Å². The molecular weight excluding hydrogens is 427 g/mol. The van der Waals surface area contributed by atoms with Crippen molar-refractivity contribution in [3.05, 3.63) is 24.5 Å². The highest BCUT2D eigenvalue weighted by Gasteiger charge is 2.42. The standard InChI is InChI=1S/C16H25N3O3S.C2HF3O2/c1-2-23(20,21)19-8-4-6-16(13-19)12-18(9-10-22-14-16)15-5-3-7-17-11-15;3-2(4,5)1(6)7/h3,5,7,11H,2,4,6,8-10,12-14H2,1H3;(H,6,7). The number of nitrogens with zero attached hydrogens (tertiary/aromatic N) is 3. The molecule has 0 radical (unpaired) electrons. The molecule has 170 valence electrons. The van der Waals surface area contributed by atoms with E-state index in [0.29, 0.717) is 26.3 Å². The first-order chi connectivity index (χ1) is 14.0. The molecule has 2 fully saturated rings. The Balaban J connectivity index is 0.000000396. The first-order valence-electron chi connectivity index (χ1n) is 9.50. The maximum Gasteiger partial charge on any atom is 0.490 e. The topological polar surface area (TPSA) is 100 Å². The summed E-state index contributed by atoms with van der Waals surface area (Å²) in [5, 5.41) is 7.12. The molecule has 0 bridgehead atoms. The fourth-order valence-corrected chi connectivity index (χ4v) is 4.83. The van der Waals surface area contributed by atoms with Crippen LogP contribution in [0.4, 0.5) is 18.9 Å². The summed E-state index contributed by atoms with van der Waals surface area (Å²) in [6.07, 6.45) is 0.440. The minimum absolute atomic E-state index is 0.132. The van der Waals surface area contributed by atoms with E-state index in [1.54, 1.807) is 17.4 Å². The highest BCUT2D eigenvalue weighted by atomic mass is 32.2. The number of carboxylic acid groups (broad SMARTS) is 1. The molecule has 1 aromatic heterocycles. The largest absolute Gasteiger partial charge is 0.490 e. The number of alkyl halides is 3. The summed E-state index contributed by atoms with van der Waals surface area (Å²) >= 11 is 0. The van der Waals surface area contributed by atoms with Crippen LogP contribution in [-0.2, 0) is 19.6 Å². The molecule has 2 saturated heterocycles. The Morgan fingerprint density at radius 1 is 1.33 bits per heavy atom. The Bertz CT molecular complexity index is 807. The Morgan fingerprint density at radius 3 is 2.60 bits per heavy atom. The van der Waals surface area contributed by atoms with E-state index < -0.39 is 22.2 Å². The molecule has 1 aromatic rings. The first kappa shape index (κ1) is 24.4. The van der Waals surface area contributed by atoms with Crippen LogP contribution in [0.2, 0.25) is 0 Å². The van der Waals surface area contributed by atoms with Gasteiger partial charge in [0, 0.05) is 37.8 Å². The number of hydrogen-bond acceptors (Lipinski definition) is 6. The second-order valence-electron chi connectivity index (χ2n) is 7.33. The quantitative estimate of drug-likeness (QED) is 0.747. The highest BCUT2D eigenvalue weighted by Crippen LogP contribution is 2.35. The van der Waals surface area contributed by atoms with Gasteiger partial charge in [-0.25, -0.2) is 17.5 Å². The number of rotatable bonds is 3. The lowest BCUT2D eigenvalue weighted by Crippen LogP contribution is -2.52. The van der Waals surface area contributed by atoms with Crippen molar-refractivity contribution in [2.45, 2.75) is 25.9 Å². The van der Waals surface area contributed by atoms with Gasteiger partial charge in [-0.15, -0.1) is 0 Å². The number of anilines is 1. The summed E-state index contributed by atoms with van der Waals surface area (Å²) in [5.74, 6) is -2.59. The Hall–Kier alpha value is -1.92. The lowest BCUT2D eigenvalue weighted by atomic mass is 9.81. The molecule has 3 rings (SSSR count). The third-order valence-corrected chi connectivity index (χ3v) is 6.91. The van der Waals surface area contributed by atoms with Gasteiger partial charge < -0.3 is 14.7 Å². The van der Waals surface area contributed by atoms with E-state index in [1.165, 1.54) is 0 Å². The van der Waals surface area contributed by atoms with E-state index >= 15 is 0 Å². The third-order valence-electron chi connectivity index (χ3n) is 5.08. The maximum atomic E-state index is 12.3. The van der Waals surface area contributed by atoms with Gasteiger partial charge in [-0.05, 0) is 31.9 Å². The molecule has 0 aromatic carbocycles. The summed E-state index contributed by atoms with van der Waals surface area (Å²) < 4.78 is 63.8. The number of pyridine rings is 1. The van der Waals surface area contributed by atoms with Crippen LogP contribution in [0.15, 0.2) is 24.5 Å². The molecule has 3 heterocycles. The fourth-order valence-electron chi connectivity index (χ4n) is 3.58. The van der Waals surface area contributed by atoms with Gasteiger partial charge in [0.1, 0.15) is 0 Å². The predicted molar refractivity (Wildman–Crippen MR) is 104 cm³/mol. The zero-order valence-electron chi connectivity index (χ0n) is 16.6. The smallest absolute Gasteiger partial charge is 0.475 e. The monoisotopic (exact) mass is 453 g/mol. The number of carbonyl (C=O) groups is 1. The number of sulfonamides is 1. The van der Waals surface area contributed by atoms with Crippen molar-refractivity contribution < 1.29 is 36.2 Å². The molecule has 0 aliphatic carbocycles. The van der Waals surface area contributed by atoms with Gasteiger partial charge >= 0.3 is 12.1 Å². The van der Waals surface area contributed by atoms with Crippen LogP contribution in [0, 0.1) is 5.41 Å². The minimum atomic E-state index is -5.08. The number of hydrogen-bond donors (Lipinski definition) is 1. The average Bonchev–Trinajstić information content (AvgIpc) is 2.91.